The van der Waals surface area contributed by atoms with Gasteiger partial charge in [-0.1, -0.05) is 6.07 Å². The maximum Gasteiger partial charge on any atom is 0.271 e. The van der Waals surface area contributed by atoms with Crippen molar-refractivity contribution in [2.45, 2.75) is 25.2 Å². The summed E-state index contributed by atoms with van der Waals surface area (Å²) in [5.74, 6) is 0.146. The first-order valence-corrected chi connectivity index (χ1v) is 9.77. The van der Waals surface area contributed by atoms with Gasteiger partial charge in [0.1, 0.15) is 5.69 Å². The van der Waals surface area contributed by atoms with Crippen molar-refractivity contribution >= 4 is 17.2 Å². The smallest absolute Gasteiger partial charge is 0.271 e. The van der Waals surface area contributed by atoms with E-state index >= 15 is 0 Å². The Balaban J connectivity index is 1.44. The van der Waals surface area contributed by atoms with E-state index in [1.807, 2.05) is 30.1 Å². The number of fused-ring (bicyclic) bond motifs is 3. The molecule has 0 spiro atoms. The summed E-state index contributed by atoms with van der Waals surface area (Å²) >= 11 is 1.72. The highest BCUT2D eigenvalue weighted by atomic mass is 32.1. The third kappa shape index (κ3) is 2.59. The van der Waals surface area contributed by atoms with Crippen LogP contribution in [-0.4, -0.2) is 49.2 Å². The van der Waals surface area contributed by atoms with Crippen LogP contribution in [0.15, 0.2) is 48.2 Å². The van der Waals surface area contributed by atoms with Gasteiger partial charge in [0, 0.05) is 49.5 Å². The Morgan fingerprint density at radius 1 is 1.19 bits per heavy atom. The van der Waals surface area contributed by atoms with Gasteiger partial charge < -0.3 is 9.47 Å². The number of amides is 1. The molecule has 3 aromatic rings. The molecule has 0 unspecified atom stereocenters. The van der Waals surface area contributed by atoms with Crippen LogP contribution in [0.1, 0.15) is 27.0 Å². The first-order valence-electron chi connectivity index (χ1n) is 8.89. The zero-order valence-corrected chi connectivity index (χ0v) is 15.5. The second kappa shape index (κ2) is 6.10. The van der Waals surface area contributed by atoms with Crippen molar-refractivity contribution in [2.24, 2.45) is 7.05 Å². The molecule has 5 rings (SSSR count). The number of carbonyl (C=O) groups is 1. The van der Waals surface area contributed by atoms with Gasteiger partial charge in [0.05, 0.1) is 24.8 Å². The molecule has 26 heavy (non-hydrogen) atoms. The highest BCUT2D eigenvalue weighted by Gasteiger charge is 2.44. The van der Waals surface area contributed by atoms with Gasteiger partial charge in [-0.3, -0.25) is 14.4 Å². The van der Waals surface area contributed by atoms with Gasteiger partial charge in [-0.15, -0.1) is 11.3 Å². The normalized spacial score (nSPS) is 22.7. The Morgan fingerprint density at radius 3 is 2.85 bits per heavy atom. The summed E-state index contributed by atoms with van der Waals surface area (Å²) in [7, 11) is 1.95. The lowest BCUT2D eigenvalue weighted by Crippen LogP contribution is -2.49. The average Bonchev–Trinajstić information content (AvgIpc) is 3.39. The average molecular weight is 367 g/mol. The SMILES string of the molecule is Cn1cc(CN2C[C@H]3[C@H](C2)n2cccc2C(=O)N3Cc2cccs2)cn1. The monoisotopic (exact) mass is 367 g/mol. The largest absolute Gasteiger partial charge is 0.337 e. The van der Waals surface area contributed by atoms with Crippen LogP contribution < -0.4 is 0 Å². The molecule has 0 aromatic carbocycles. The standard InChI is InChI=1S/C19H21N5OS/c1-21-9-14(8-20-21)10-22-12-17-18(13-22)24(11-15-4-3-7-26-15)19(25)16-5-2-6-23(16)17/h2-9,17-18H,10-13H2,1H3/t17-,18-/m0/s1. The van der Waals surface area contributed by atoms with E-state index in [1.165, 1.54) is 10.4 Å². The molecule has 2 aliphatic heterocycles. The lowest BCUT2D eigenvalue weighted by atomic mass is 10.1. The third-order valence-corrected chi connectivity index (χ3v) is 6.28. The quantitative estimate of drug-likeness (QED) is 0.711. The van der Waals surface area contributed by atoms with E-state index in [0.29, 0.717) is 12.6 Å². The van der Waals surface area contributed by atoms with Gasteiger partial charge in [-0.2, -0.15) is 5.10 Å². The van der Waals surface area contributed by atoms with Crippen molar-refractivity contribution in [3.05, 3.63) is 64.4 Å². The highest BCUT2D eigenvalue weighted by molar-refractivity contribution is 7.09. The van der Waals surface area contributed by atoms with Gasteiger partial charge in [0.15, 0.2) is 0 Å². The van der Waals surface area contributed by atoms with Crippen molar-refractivity contribution in [1.82, 2.24) is 24.1 Å². The molecule has 1 saturated heterocycles. The van der Waals surface area contributed by atoms with E-state index in [-0.39, 0.29) is 11.9 Å². The van der Waals surface area contributed by atoms with Crippen LogP contribution in [0.2, 0.25) is 0 Å². The van der Waals surface area contributed by atoms with E-state index in [2.05, 4.69) is 49.4 Å². The minimum atomic E-state index is 0.146. The summed E-state index contributed by atoms with van der Waals surface area (Å²) < 4.78 is 4.02. The Morgan fingerprint density at radius 2 is 2.08 bits per heavy atom. The second-order valence-electron chi connectivity index (χ2n) is 7.16. The van der Waals surface area contributed by atoms with Crippen LogP contribution in [0.5, 0.6) is 0 Å². The first-order chi connectivity index (χ1) is 12.7. The zero-order chi connectivity index (χ0) is 17.7. The molecule has 5 heterocycles. The maximum atomic E-state index is 13.1. The van der Waals surface area contributed by atoms with Crippen LogP contribution in [0.25, 0.3) is 0 Å². The number of hydrogen-bond donors (Lipinski definition) is 0. The molecule has 6 nitrogen and oxygen atoms in total. The number of hydrogen-bond acceptors (Lipinski definition) is 4. The summed E-state index contributed by atoms with van der Waals surface area (Å²) in [6.07, 6.45) is 6.05. The summed E-state index contributed by atoms with van der Waals surface area (Å²) in [5.41, 5.74) is 2.03. The Bertz CT molecular complexity index is 928. The molecule has 0 bridgehead atoms. The number of aromatic nitrogens is 3. The fraction of sp³-hybridized carbons (Fsp3) is 0.368. The van der Waals surface area contributed by atoms with E-state index < -0.39 is 0 Å². The molecule has 1 amide bonds. The number of nitrogens with zero attached hydrogens (tertiary/aromatic N) is 5. The molecule has 0 saturated carbocycles. The fourth-order valence-corrected chi connectivity index (χ4v) is 4.99. The lowest BCUT2D eigenvalue weighted by molar-refractivity contribution is 0.0559. The van der Waals surface area contributed by atoms with E-state index in [1.54, 1.807) is 11.3 Å². The molecule has 1 fully saturated rings. The molecular formula is C19H21N5OS. The van der Waals surface area contributed by atoms with Gasteiger partial charge in [-0.25, -0.2) is 0 Å². The molecule has 3 aromatic heterocycles. The lowest BCUT2D eigenvalue weighted by Gasteiger charge is -2.38. The Hall–Kier alpha value is -2.38. The van der Waals surface area contributed by atoms with Crippen LogP contribution in [-0.2, 0) is 20.1 Å². The summed E-state index contributed by atoms with van der Waals surface area (Å²) in [4.78, 5) is 18.9. The highest BCUT2D eigenvalue weighted by Crippen LogP contribution is 2.35. The van der Waals surface area contributed by atoms with Gasteiger partial charge in [0.25, 0.3) is 5.91 Å². The van der Waals surface area contributed by atoms with Crippen molar-refractivity contribution < 1.29 is 4.79 Å². The molecule has 0 aliphatic carbocycles. The second-order valence-corrected chi connectivity index (χ2v) is 8.20. The van der Waals surface area contributed by atoms with E-state index in [4.69, 9.17) is 0 Å². The fourth-order valence-electron chi connectivity index (χ4n) is 4.29. The predicted octanol–water partition coefficient (Wildman–Crippen LogP) is 2.36. The minimum Gasteiger partial charge on any atom is -0.337 e. The number of aryl methyl sites for hydroxylation is 1. The number of thiophene rings is 1. The molecular weight excluding hydrogens is 346 g/mol. The van der Waals surface area contributed by atoms with Crippen molar-refractivity contribution in [2.75, 3.05) is 13.1 Å². The molecule has 0 N–H and O–H groups in total. The van der Waals surface area contributed by atoms with E-state index in [0.717, 1.165) is 25.3 Å². The minimum absolute atomic E-state index is 0.146. The van der Waals surface area contributed by atoms with Crippen LogP contribution >= 0.6 is 11.3 Å². The van der Waals surface area contributed by atoms with Crippen molar-refractivity contribution in [3.63, 3.8) is 0 Å². The third-order valence-electron chi connectivity index (χ3n) is 5.42. The van der Waals surface area contributed by atoms with Crippen LogP contribution in [0, 0.1) is 0 Å². The van der Waals surface area contributed by atoms with Crippen LogP contribution in [0.4, 0.5) is 0 Å². The van der Waals surface area contributed by atoms with Crippen molar-refractivity contribution in [1.29, 1.82) is 0 Å². The summed E-state index contributed by atoms with van der Waals surface area (Å²) in [5, 5.41) is 6.35. The van der Waals surface area contributed by atoms with Gasteiger partial charge in [-0.05, 0) is 23.6 Å². The molecule has 2 atom stereocenters. The van der Waals surface area contributed by atoms with E-state index in [9.17, 15) is 4.79 Å². The Labute approximate surface area is 156 Å². The number of likely N-dealkylation sites (tertiary alicyclic amines) is 1. The molecule has 2 aliphatic rings. The maximum absolute atomic E-state index is 13.1. The summed E-state index contributed by atoms with van der Waals surface area (Å²) in [6.45, 7) is 3.42. The first kappa shape index (κ1) is 15.8. The molecule has 7 heteroatoms. The topological polar surface area (TPSA) is 46.3 Å². The van der Waals surface area contributed by atoms with Crippen molar-refractivity contribution in [3.8, 4) is 0 Å². The molecule has 0 radical (unpaired) electrons. The Kier molecular flexibility index (Phi) is 3.72. The van der Waals surface area contributed by atoms with Gasteiger partial charge in [0.2, 0.25) is 0 Å². The zero-order valence-electron chi connectivity index (χ0n) is 14.7. The predicted molar refractivity (Wildman–Crippen MR) is 99.9 cm³/mol. The molecule has 134 valence electrons. The summed E-state index contributed by atoms with van der Waals surface area (Å²) in [6, 6.07) is 8.63. The van der Waals surface area contributed by atoms with Gasteiger partial charge >= 0.3 is 0 Å². The number of carbonyl (C=O) groups excluding carboxylic acids is 1. The van der Waals surface area contributed by atoms with Crippen LogP contribution in [0.3, 0.4) is 0 Å². The number of rotatable bonds is 4.